The first-order valence-corrected chi connectivity index (χ1v) is 7.08. The van der Waals surface area contributed by atoms with Crippen LogP contribution in [0.3, 0.4) is 0 Å². The lowest BCUT2D eigenvalue weighted by Gasteiger charge is -2.29. The van der Waals surface area contributed by atoms with Crippen LogP contribution < -0.4 is 10.1 Å². The van der Waals surface area contributed by atoms with Crippen molar-refractivity contribution in [3.8, 4) is 5.75 Å². The molecule has 1 aromatic rings. The Hall–Kier alpha value is -3.10. The molecule has 1 fully saturated rings. The molecule has 1 aromatic carbocycles. The molecular formula is C15H16N2O7. The van der Waals surface area contributed by atoms with Gasteiger partial charge in [-0.1, -0.05) is 0 Å². The Balaban J connectivity index is 2.22. The quantitative estimate of drug-likeness (QED) is 0.286. The third kappa shape index (κ3) is 3.80. The number of nitrogens with zero attached hydrogens (tertiary/aromatic N) is 1. The van der Waals surface area contributed by atoms with Gasteiger partial charge in [0.05, 0.1) is 11.5 Å². The summed E-state index contributed by atoms with van der Waals surface area (Å²) < 4.78 is 15.1. The van der Waals surface area contributed by atoms with Gasteiger partial charge in [-0.05, 0) is 13.0 Å². The van der Waals surface area contributed by atoms with Gasteiger partial charge in [0.2, 0.25) is 0 Å². The monoisotopic (exact) mass is 336 g/mol. The molecule has 0 amide bonds. The minimum atomic E-state index is -1.32. The molecule has 128 valence electrons. The van der Waals surface area contributed by atoms with E-state index in [1.54, 1.807) is 6.92 Å². The normalized spacial score (nSPS) is 16.0. The number of benzene rings is 1. The number of hydrogen-bond acceptors (Lipinski definition) is 8. The van der Waals surface area contributed by atoms with Crippen molar-refractivity contribution in [3.05, 3.63) is 40.1 Å². The second kappa shape index (κ2) is 6.57. The average molecular weight is 336 g/mol. The number of nitrogens with one attached hydrogen (secondary N) is 1. The van der Waals surface area contributed by atoms with Gasteiger partial charge in [0.1, 0.15) is 0 Å². The number of carbonyl (C=O) groups is 2. The predicted molar refractivity (Wildman–Crippen MR) is 82.2 cm³/mol. The predicted octanol–water partition coefficient (Wildman–Crippen LogP) is 2.13. The number of ether oxygens (including phenoxy) is 3. The number of cyclic esters (lactones) is 2. The first-order chi connectivity index (χ1) is 11.2. The Morgan fingerprint density at radius 3 is 2.46 bits per heavy atom. The molecule has 1 N–H and O–H groups in total. The molecule has 0 atom stereocenters. The molecule has 9 heteroatoms. The topological polar surface area (TPSA) is 117 Å². The number of rotatable bonds is 5. The van der Waals surface area contributed by atoms with E-state index in [9.17, 15) is 19.7 Å². The molecular weight excluding hydrogens is 320 g/mol. The van der Waals surface area contributed by atoms with Crippen molar-refractivity contribution in [2.75, 3.05) is 11.9 Å². The Bertz CT molecular complexity index is 703. The third-order valence-electron chi connectivity index (χ3n) is 2.96. The summed E-state index contributed by atoms with van der Waals surface area (Å²) in [5.74, 6) is -2.90. The SMILES string of the molecule is CCOc1cc(NC=C2C(=O)OC(C)(C)OC2=O)ccc1[N+](=O)[O-]. The molecule has 0 saturated carbocycles. The third-order valence-corrected chi connectivity index (χ3v) is 2.96. The smallest absolute Gasteiger partial charge is 0.350 e. The van der Waals surface area contributed by atoms with E-state index < -0.39 is 22.6 Å². The van der Waals surface area contributed by atoms with Crippen molar-refractivity contribution in [3.63, 3.8) is 0 Å². The van der Waals surface area contributed by atoms with Crippen molar-refractivity contribution in [2.45, 2.75) is 26.6 Å². The van der Waals surface area contributed by atoms with Crippen LogP contribution in [-0.2, 0) is 19.1 Å². The Morgan fingerprint density at radius 2 is 1.92 bits per heavy atom. The van der Waals surface area contributed by atoms with Crippen molar-refractivity contribution < 1.29 is 28.7 Å². The summed E-state index contributed by atoms with van der Waals surface area (Å²) in [6.07, 6.45) is 1.12. The van der Waals surface area contributed by atoms with Crippen molar-refractivity contribution >= 4 is 23.3 Å². The van der Waals surface area contributed by atoms with E-state index in [0.29, 0.717) is 5.69 Å². The molecule has 0 spiro atoms. The molecule has 0 aliphatic carbocycles. The Morgan fingerprint density at radius 1 is 1.29 bits per heavy atom. The fourth-order valence-corrected chi connectivity index (χ4v) is 1.96. The van der Waals surface area contributed by atoms with Crippen LogP contribution in [0, 0.1) is 10.1 Å². The van der Waals surface area contributed by atoms with Crippen LogP contribution in [0.5, 0.6) is 5.75 Å². The van der Waals surface area contributed by atoms with Gasteiger partial charge in [-0.3, -0.25) is 10.1 Å². The summed E-state index contributed by atoms with van der Waals surface area (Å²) in [5.41, 5.74) is -0.110. The van der Waals surface area contributed by atoms with Crippen LogP contribution >= 0.6 is 0 Å². The van der Waals surface area contributed by atoms with E-state index in [1.165, 1.54) is 32.0 Å². The molecule has 0 radical (unpaired) electrons. The van der Waals surface area contributed by atoms with Crippen molar-refractivity contribution in [1.29, 1.82) is 0 Å². The molecule has 0 unspecified atom stereocenters. The fourth-order valence-electron chi connectivity index (χ4n) is 1.96. The lowest BCUT2D eigenvalue weighted by Crippen LogP contribution is -2.42. The zero-order chi connectivity index (χ0) is 17.9. The molecule has 1 heterocycles. The number of carbonyl (C=O) groups excluding carboxylic acids is 2. The fraction of sp³-hybridized carbons (Fsp3) is 0.333. The highest BCUT2D eigenvalue weighted by Gasteiger charge is 2.38. The van der Waals surface area contributed by atoms with Gasteiger partial charge in [-0.2, -0.15) is 0 Å². The maximum Gasteiger partial charge on any atom is 0.350 e. The molecule has 1 saturated heterocycles. The van der Waals surface area contributed by atoms with Crippen LogP contribution in [-0.4, -0.2) is 29.3 Å². The van der Waals surface area contributed by atoms with E-state index in [1.807, 2.05) is 0 Å². The molecule has 24 heavy (non-hydrogen) atoms. The lowest BCUT2D eigenvalue weighted by atomic mass is 10.2. The largest absolute Gasteiger partial charge is 0.487 e. The van der Waals surface area contributed by atoms with Gasteiger partial charge >= 0.3 is 17.6 Å². The second-order valence-electron chi connectivity index (χ2n) is 5.25. The van der Waals surface area contributed by atoms with Crippen LogP contribution in [0.4, 0.5) is 11.4 Å². The van der Waals surface area contributed by atoms with Gasteiger partial charge in [0, 0.05) is 37.9 Å². The summed E-state index contributed by atoms with van der Waals surface area (Å²) in [4.78, 5) is 34.0. The second-order valence-corrected chi connectivity index (χ2v) is 5.25. The average Bonchev–Trinajstić information content (AvgIpc) is 2.45. The highest BCUT2D eigenvalue weighted by molar-refractivity contribution is 6.15. The molecule has 0 aromatic heterocycles. The van der Waals surface area contributed by atoms with E-state index in [0.717, 1.165) is 6.20 Å². The summed E-state index contributed by atoms with van der Waals surface area (Å²) in [6.45, 7) is 4.83. The lowest BCUT2D eigenvalue weighted by molar-refractivity contribution is -0.385. The zero-order valence-electron chi connectivity index (χ0n) is 13.3. The minimum absolute atomic E-state index is 0.0702. The van der Waals surface area contributed by atoms with Crippen molar-refractivity contribution in [2.24, 2.45) is 0 Å². The van der Waals surface area contributed by atoms with Crippen LogP contribution in [0.2, 0.25) is 0 Å². The maximum absolute atomic E-state index is 11.8. The Kier molecular flexibility index (Phi) is 4.72. The maximum atomic E-state index is 11.8. The van der Waals surface area contributed by atoms with Gasteiger partial charge in [-0.15, -0.1) is 0 Å². The van der Waals surface area contributed by atoms with E-state index >= 15 is 0 Å². The number of esters is 2. The van der Waals surface area contributed by atoms with Crippen LogP contribution in [0.1, 0.15) is 20.8 Å². The highest BCUT2D eigenvalue weighted by Crippen LogP contribution is 2.30. The summed E-state index contributed by atoms with van der Waals surface area (Å²) in [6, 6.07) is 4.07. The zero-order valence-corrected chi connectivity index (χ0v) is 13.3. The van der Waals surface area contributed by atoms with Crippen molar-refractivity contribution in [1.82, 2.24) is 0 Å². The first-order valence-electron chi connectivity index (χ1n) is 7.08. The minimum Gasteiger partial charge on any atom is -0.487 e. The molecule has 1 aliphatic rings. The number of nitro benzene ring substituents is 1. The molecule has 0 bridgehead atoms. The number of anilines is 1. The van der Waals surface area contributed by atoms with E-state index in [-0.39, 0.29) is 23.6 Å². The van der Waals surface area contributed by atoms with E-state index in [2.05, 4.69) is 5.32 Å². The first kappa shape index (κ1) is 17.3. The van der Waals surface area contributed by atoms with Crippen LogP contribution in [0.25, 0.3) is 0 Å². The van der Waals surface area contributed by atoms with Gasteiger partial charge < -0.3 is 19.5 Å². The number of nitro groups is 1. The Labute approximate surface area is 137 Å². The summed E-state index contributed by atoms with van der Waals surface area (Å²) >= 11 is 0. The molecule has 1 aliphatic heterocycles. The summed E-state index contributed by atoms with van der Waals surface area (Å²) in [7, 11) is 0. The number of hydrogen-bond donors (Lipinski definition) is 1. The van der Waals surface area contributed by atoms with Gasteiger partial charge in [-0.25, -0.2) is 9.59 Å². The van der Waals surface area contributed by atoms with Gasteiger partial charge in [0.15, 0.2) is 11.3 Å². The standard InChI is InChI=1S/C15H16N2O7/c1-4-22-12-7-9(5-6-11(12)17(20)21)16-8-10-13(18)23-15(2,3)24-14(10)19/h5-8,16H,4H2,1-3H3. The van der Waals surface area contributed by atoms with Crippen LogP contribution in [0.15, 0.2) is 30.0 Å². The molecule has 2 rings (SSSR count). The molecule has 9 nitrogen and oxygen atoms in total. The van der Waals surface area contributed by atoms with E-state index in [4.69, 9.17) is 14.2 Å². The summed E-state index contributed by atoms with van der Waals surface area (Å²) in [5, 5.41) is 13.6. The van der Waals surface area contributed by atoms with Gasteiger partial charge in [0.25, 0.3) is 5.79 Å². The highest BCUT2D eigenvalue weighted by atomic mass is 16.7.